The molecule has 19 heavy (non-hydrogen) atoms. The molecule has 0 aliphatic heterocycles. The minimum Gasteiger partial charge on any atom is -0.480 e. The third-order valence-corrected chi connectivity index (χ3v) is 2.77. The maximum Gasteiger partial charge on any atom is 0.328 e. The Hall–Kier alpha value is -1.34. The van der Waals surface area contributed by atoms with Gasteiger partial charge in [0.1, 0.15) is 0 Å². The summed E-state index contributed by atoms with van der Waals surface area (Å²) in [6.07, 6.45) is 0. The van der Waals surface area contributed by atoms with Crippen molar-refractivity contribution >= 4 is 12.0 Å². The van der Waals surface area contributed by atoms with Crippen LogP contribution in [0, 0.1) is 0 Å². The molecule has 2 amide bonds. The second-order valence-electron chi connectivity index (χ2n) is 4.90. The molecular formula is C12H25N3O4. The molecule has 0 saturated heterocycles. The van der Waals surface area contributed by atoms with Crippen molar-refractivity contribution in [1.29, 1.82) is 0 Å². The quantitative estimate of drug-likeness (QED) is 0.493. The molecule has 7 heteroatoms. The average Bonchev–Trinajstić information content (AvgIpc) is 2.30. The molecule has 1 atom stereocenters. The van der Waals surface area contributed by atoms with Gasteiger partial charge in [0.25, 0.3) is 0 Å². The van der Waals surface area contributed by atoms with Crippen molar-refractivity contribution in [3.8, 4) is 0 Å². The molecule has 0 saturated carbocycles. The Labute approximate surface area is 114 Å². The van der Waals surface area contributed by atoms with Crippen LogP contribution in [0.1, 0.15) is 27.7 Å². The minimum absolute atomic E-state index is 0.370. The van der Waals surface area contributed by atoms with Gasteiger partial charge in [0.05, 0.1) is 6.61 Å². The van der Waals surface area contributed by atoms with Crippen molar-refractivity contribution in [1.82, 2.24) is 15.5 Å². The van der Waals surface area contributed by atoms with Crippen LogP contribution in [0.5, 0.6) is 0 Å². The number of carbonyl (C=O) groups is 2. The molecule has 0 aromatic carbocycles. The summed E-state index contributed by atoms with van der Waals surface area (Å²) in [4.78, 5) is 24.2. The number of aliphatic hydroxyl groups excluding tert-OH is 1. The highest BCUT2D eigenvalue weighted by Gasteiger charge is 2.18. The normalized spacial score (nSPS) is 12.8. The molecule has 0 rings (SSSR count). The highest BCUT2D eigenvalue weighted by atomic mass is 16.4. The Morgan fingerprint density at radius 3 is 2.05 bits per heavy atom. The van der Waals surface area contributed by atoms with Crippen LogP contribution in [0.2, 0.25) is 0 Å². The number of nitrogens with one attached hydrogen (secondary N) is 2. The fraction of sp³-hybridized carbons (Fsp3) is 0.833. The van der Waals surface area contributed by atoms with E-state index in [1.165, 1.54) is 0 Å². The lowest BCUT2D eigenvalue weighted by Gasteiger charge is -2.30. The first kappa shape index (κ1) is 17.7. The van der Waals surface area contributed by atoms with Crippen molar-refractivity contribution in [2.75, 3.05) is 19.7 Å². The Bertz CT molecular complexity index is 287. The van der Waals surface area contributed by atoms with Gasteiger partial charge in [-0.1, -0.05) is 0 Å². The zero-order chi connectivity index (χ0) is 15.0. The van der Waals surface area contributed by atoms with E-state index in [2.05, 4.69) is 43.2 Å². The monoisotopic (exact) mass is 275 g/mol. The Morgan fingerprint density at radius 2 is 1.68 bits per heavy atom. The van der Waals surface area contributed by atoms with Crippen LogP contribution < -0.4 is 10.6 Å². The summed E-state index contributed by atoms with van der Waals surface area (Å²) in [6.45, 7) is 8.77. The van der Waals surface area contributed by atoms with Gasteiger partial charge in [0, 0.05) is 25.2 Å². The Balaban J connectivity index is 4.06. The molecule has 0 bridgehead atoms. The molecule has 0 aliphatic rings. The van der Waals surface area contributed by atoms with Gasteiger partial charge in [-0.05, 0) is 27.7 Å². The average molecular weight is 275 g/mol. The number of aliphatic hydroxyl groups is 1. The number of aliphatic carboxylic acids is 1. The van der Waals surface area contributed by atoms with Gasteiger partial charge in [-0.2, -0.15) is 0 Å². The van der Waals surface area contributed by atoms with Crippen molar-refractivity contribution in [2.24, 2.45) is 0 Å². The van der Waals surface area contributed by atoms with Crippen LogP contribution in [-0.2, 0) is 4.79 Å². The number of nitrogens with zero attached hydrogens (tertiary/aromatic N) is 1. The highest BCUT2D eigenvalue weighted by Crippen LogP contribution is 2.03. The minimum atomic E-state index is -1.27. The third-order valence-electron chi connectivity index (χ3n) is 2.77. The van der Waals surface area contributed by atoms with E-state index >= 15 is 0 Å². The summed E-state index contributed by atoms with van der Waals surface area (Å²) in [7, 11) is 0. The first-order valence-corrected chi connectivity index (χ1v) is 6.43. The first-order valence-electron chi connectivity index (χ1n) is 6.43. The van der Waals surface area contributed by atoms with Gasteiger partial charge in [0.15, 0.2) is 6.04 Å². The van der Waals surface area contributed by atoms with Crippen LogP contribution in [0.4, 0.5) is 4.79 Å². The van der Waals surface area contributed by atoms with E-state index in [0.29, 0.717) is 25.2 Å². The maximum absolute atomic E-state index is 11.4. The van der Waals surface area contributed by atoms with Gasteiger partial charge in [-0.15, -0.1) is 0 Å². The molecule has 0 radical (unpaired) electrons. The highest BCUT2D eigenvalue weighted by molar-refractivity contribution is 5.82. The van der Waals surface area contributed by atoms with Crippen LogP contribution in [0.25, 0.3) is 0 Å². The van der Waals surface area contributed by atoms with Crippen LogP contribution in [0.3, 0.4) is 0 Å². The van der Waals surface area contributed by atoms with E-state index in [4.69, 9.17) is 10.2 Å². The molecule has 0 heterocycles. The number of hydrogen-bond donors (Lipinski definition) is 4. The lowest BCUT2D eigenvalue weighted by Crippen LogP contribution is -2.50. The van der Waals surface area contributed by atoms with Crippen molar-refractivity contribution < 1.29 is 19.8 Å². The number of urea groups is 1. The fourth-order valence-corrected chi connectivity index (χ4v) is 1.81. The molecule has 0 spiro atoms. The summed E-state index contributed by atoms with van der Waals surface area (Å²) in [5, 5.41) is 22.2. The van der Waals surface area contributed by atoms with Crippen LogP contribution >= 0.6 is 0 Å². The molecule has 112 valence electrons. The van der Waals surface area contributed by atoms with E-state index in [1.807, 2.05) is 0 Å². The van der Waals surface area contributed by atoms with Crippen molar-refractivity contribution in [3.05, 3.63) is 0 Å². The number of carboxylic acids is 1. The fourth-order valence-electron chi connectivity index (χ4n) is 1.81. The van der Waals surface area contributed by atoms with Gasteiger partial charge in [-0.3, -0.25) is 4.90 Å². The summed E-state index contributed by atoms with van der Waals surface area (Å²) >= 11 is 0. The zero-order valence-corrected chi connectivity index (χ0v) is 12.0. The summed E-state index contributed by atoms with van der Waals surface area (Å²) < 4.78 is 0. The molecule has 0 aliphatic carbocycles. The summed E-state index contributed by atoms with van der Waals surface area (Å²) in [5.41, 5.74) is 0. The molecule has 0 aromatic heterocycles. The second kappa shape index (κ2) is 8.71. The van der Waals surface area contributed by atoms with Gasteiger partial charge >= 0.3 is 12.0 Å². The molecular weight excluding hydrogens is 250 g/mol. The number of rotatable bonds is 8. The first-order chi connectivity index (χ1) is 8.79. The number of carbonyl (C=O) groups excluding carboxylic acids is 1. The smallest absolute Gasteiger partial charge is 0.328 e. The standard InChI is InChI=1S/C12H25N3O4/c1-8(2)15(9(3)4)6-5-13-12(19)14-10(7-16)11(17)18/h8-10,16H,5-7H2,1-4H3,(H,17,18)(H2,13,14,19)/t10-/m1/s1. The Morgan fingerprint density at radius 1 is 1.16 bits per heavy atom. The summed E-state index contributed by atoms with van der Waals surface area (Å²) in [6, 6.07) is -1.12. The zero-order valence-electron chi connectivity index (χ0n) is 12.0. The molecule has 7 nitrogen and oxygen atoms in total. The van der Waals surface area contributed by atoms with Crippen LogP contribution in [-0.4, -0.2) is 64.9 Å². The van der Waals surface area contributed by atoms with E-state index < -0.39 is 24.6 Å². The number of amides is 2. The maximum atomic E-state index is 11.4. The van der Waals surface area contributed by atoms with Gasteiger partial charge in [-0.25, -0.2) is 9.59 Å². The van der Waals surface area contributed by atoms with Gasteiger partial charge in [0.2, 0.25) is 0 Å². The van der Waals surface area contributed by atoms with Crippen LogP contribution in [0.15, 0.2) is 0 Å². The predicted molar refractivity (Wildman–Crippen MR) is 72.0 cm³/mol. The molecule has 0 aromatic rings. The lowest BCUT2D eigenvalue weighted by molar-refractivity contribution is -0.140. The topological polar surface area (TPSA) is 102 Å². The van der Waals surface area contributed by atoms with Gasteiger partial charge < -0.3 is 20.8 Å². The van der Waals surface area contributed by atoms with E-state index in [-0.39, 0.29) is 0 Å². The predicted octanol–water partition coefficient (Wildman–Crippen LogP) is -0.150. The van der Waals surface area contributed by atoms with Crippen molar-refractivity contribution in [2.45, 2.75) is 45.8 Å². The molecule has 4 N–H and O–H groups in total. The molecule has 0 fully saturated rings. The number of carboxylic acid groups (broad SMARTS) is 1. The third kappa shape index (κ3) is 6.97. The second-order valence-corrected chi connectivity index (χ2v) is 4.90. The summed E-state index contributed by atoms with van der Waals surface area (Å²) in [5.74, 6) is -1.26. The number of hydrogen-bond acceptors (Lipinski definition) is 4. The largest absolute Gasteiger partial charge is 0.480 e. The van der Waals surface area contributed by atoms with E-state index in [1.54, 1.807) is 0 Å². The molecule has 0 unspecified atom stereocenters. The Kier molecular flexibility index (Phi) is 8.09. The van der Waals surface area contributed by atoms with E-state index in [0.717, 1.165) is 0 Å². The lowest BCUT2D eigenvalue weighted by atomic mass is 10.2. The van der Waals surface area contributed by atoms with E-state index in [9.17, 15) is 9.59 Å². The SMILES string of the molecule is CC(C)N(CCNC(=O)N[C@H](CO)C(=O)O)C(C)C. The van der Waals surface area contributed by atoms with Crippen molar-refractivity contribution in [3.63, 3.8) is 0 Å².